The van der Waals surface area contributed by atoms with Crippen molar-refractivity contribution in [3.05, 3.63) is 0 Å². The third-order valence-corrected chi connectivity index (χ3v) is 5.81. The Morgan fingerprint density at radius 3 is 2.26 bits per heavy atom. The highest BCUT2D eigenvalue weighted by Gasteiger charge is 2.31. The maximum atomic E-state index is 12.2. The molecule has 0 aliphatic carbocycles. The number of piperidine rings is 1. The Balaban J connectivity index is 2.28. The SMILES string of the molecule is CC(C)NCCCCS(=O)(=O)N1CCC(C)(C)CC1. The highest BCUT2D eigenvalue weighted by molar-refractivity contribution is 7.89. The second-order valence-corrected chi connectivity index (χ2v) is 8.78. The number of nitrogens with zero attached hydrogens (tertiary/aromatic N) is 1. The summed E-state index contributed by atoms with van der Waals surface area (Å²) < 4.78 is 26.1. The van der Waals surface area contributed by atoms with Crippen LogP contribution in [-0.4, -0.2) is 44.2 Å². The topological polar surface area (TPSA) is 49.4 Å². The van der Waals surface area contributed by atoms with Gasteiger partial charge in [0.15, 0.2) is 0 Å². The summed E-state index contributed by atoms with van der Waals surface area (Å²) in [5, 5.41) is 3.31. The van der Waals surface area contributed by atoms with Crippen molar-refractivity contribution in [2.45, 2.75) is 59.4 Å². The molecule has 1 fully saturated rings. The van der Waals surface area contributed by atoms with E-state index in [1.54, 1.807) is 4.31 Å². The normalized spacial score (nSPS) is 20.9. The summed E-state index contributed by atoms with van der Waals surface area (Å²) in [6, 6.07) is 0.473. The number of nitrogens with one attached hydrogen (secondary N) is 1. The van der Waals surface area contributed by atoms with E-state index in [2.05, 4.69) is 33.0 Å². The number of sulfonamides is 1. The molecule has 0 aromatic rings. The van der Waals surface area contributed by atoms with Crippen LogP contribution >= 0.6 is 0 Å². The maximum Gasteiger partial charge on any atom is 0.214 e. The van der Waals surface area contributed by atoms with E-state index in [4.69, 9.17) is 0 Å². The van der Waals surface area contributed by atoms with Crippen LogP contribution in [0.3, 0.4) is 0 Å². The van der Waals surface area contributed by atoms with Gasteiger partial charge in [-0.25, -0.2) is 12.7 Å². The highest BCUT2D eigenvalue weighted by Crippen LogP contribution is 2.30. The number of unbranched alkanes of at least 4 members (excludes halogenated alkanes) is 1. The van der Waals surface area contributed by atoms with Crippen LogP contribution in [0.15, 0.2) is 0 Å². The number of hydrogen-bond donors (Lipinski definition) is 1. The minimum atomic E-state index is -3.03. The standard InChI is InChI=1S/C14H30N2O2S/c1-13(2)15-9-5-6-12-19(17,18)16-10-7-14(3,4)8-11-16/h13,15H,5-12H2,1-4H3. The molecule has 0 unspecified atom stereocenters. The predicted molar refractivity (Wildman–Crippen MR) is 80.7 cm³/mol. The first-order chi connectivity index (χ1) is 8.73. The van der Waals surface area contributed by atoms with Gasteiger partial charge in [-0.3, -0.25) is 0 Å². The van der Waals surface area contributed by atoms with Crippen LogP contribution in [0.2, 0.25) is 0 Å². The van der Waals surface area contributed by atoms with Gasteiger partial charge in [-0.1, -0.05) is 27.7 Å². The third-order valence-electron chi connectivity index (χ3n) is 3.85. The molecule has 1 N–H and O–H groups in total. The van der Waals surface area contributed by atoms with Gasteiger partial charge in [-0.2, -0.15) is 0 Å². The average molecular weight is 290 g/mol. The summed E-state index contributed by atoms with van der Waals surface area (Å²) in [6.07, 6.45) is 3.63. The first kappa shape index (κ1) is 16.9. The number of rotatable bonds is 7. The zero-order chi connectivity index (χ0) is 14.5. The van der Waals surface area contributed by atoms with Crippen molar-refractivity contribution < 1.29 is 8.42 Å². The van der Waals surface area contributed by atoms with E-state index in [-0.39, 0.29) is 0 Å². The van der Waals surface area contributed by atoms with Crippen LogP contribution in [-0.2, 0) is 10.0 Å². The van der Waals surface area contributed by atoms with Crippen molar-refractivity contribution in [2.24, 2.45) is 5.41 Å². The fourth-order valence-electron chi connectivity index (χ4n) is 2.30. The molecule has 1 aliphatic heterocycles. The zero-order valence-electron chi connectivity index (χ0n) is 12.9. The van der Waals surface area contributed by atoms with E-state index in [1.807, 2.05) is 0 Å². The van der Waals surface area contributed by atoms with Gasteiger partial charge in [-0.15, -0.1) is 0 Å². The molecule has 4 nitrogen and oxygen atoms in total. The summed E-state index contributed by atoms with van der Waals surface area (Å²) in [7, 11) is -3.03. The lowest BCUT2D eigenvalue weighted by atomic mass is 9.83. The summed E-state index contributed by atoms with van der Waals surface area (Å²) >= 11 is 0. The van der Waals surface area contributed by atoms with E-state index in [9.17, 15) is 8.42 Å². The Kier molecular flexibility index (Phi) is 6.27. The minimum absolute atomic E-state index is 0.299. The third kappa shape index (κ3) is 6.23. The second-order valence-electron chi connectivity index (χ2n) is 6.70. The molecule has 0 spiro atoms. The van der Waals surface area contributed by atoms with Gasteiger partial charge in [0.25, 0.3) is 0 Å². The maximum absolute atomic E-state index is 12.2. The Labute approximate surface area is 119 Å². The summed E-state index contributed by atoms with van der Waals surface area (Å²) in [5.41, 5.74) is 0.299. The fourth-order valence-corrected chi connectivity index (χ4v) is 3.87. The first-order valence-electron chi connectivity index (χ1n) is 7.44. The molecule has 0 radical (unpaired) electrons. The van der Waals surface area contributed by atoms with Crippen LogP contribution in [0, 0.1) is 5.41 Å². The average Bonchev–Trinajstić information content (AvgIpc) is 2.27. The molecule has 0 amide bonds. The van der Waals surface area contributed by atoms with E-state index in [1.165, 1.54) is 0 Å². The van der Waals surface area contributed by atoms with Crippen molar-refractivity contribution in [3.8, 4) is 0 Å². The lowest BCUT2D eigenvalue weighted by Crippen LogP contribution is -2.42. The zero-order valence-corrected chi connectivity index (χ0v) is 13.7. The molecule has 1 aliphatic rings. The molecule has 19 heavy (non-hydrogen) atoms. The molecule has 1 rings (SSSR count). The van der Waals surface area contributed by atoms with Crippen molar-refractivity contribution in [3.63, 3.8) is 0 Å². The fraction of sp³-hybridized carbons (Fsp3) is 1.00. The van der Waals surface area contributed by atoms with Gasteiger partial charge >= 0.3 is 0 Å². The molecular formula is C14H30N2O2S. The van der Waals surface area contributed by atoms with Crippen LogP contribution in [0.25, 0.3) is 0 Å². The summed E-state index contributed by atoms with van der Waals surface area (Å²) in [6.45, 7) is 10.9. The van der Waals surface area contributed by atoms with Crippen LogP contribution < -0.4 is 5.32 Å². The molecule has 5 heteroatoms. The predicted octanol–water partition coefficient (Wildman–Crippen LogP) is 2.22. The van der Waals surface area contributed by atoms with Crippen molar-refractivity contribution >= 4 is 10.0 Å². The van der Waals surface area contributed by atoms with E-state index >= 15 is 0 Å². The van der Waals surface area contributed by atoms with Gasteiger partial charge in [-0.05, 0) is 37.6 Å². The van der Waals surface area contributed by atoms with Crippen molar-refractivity contribution in [1.82, 2.24) is 9.62 Å². The van der Waals surface area contributed by atoms with E-state index in [0.29, 0.717) is 30.3 Å². The van der Waals surface area contributed by atoms with Gasteiger partial charge in [0.05, 0.1) is 5.75 Å². The smallest absolute Gasteiger partial charge is 0.214 e. The monoisotopic (exact) mass is 290 g/mol. The first-order valence-corrected chi connectivity index (χ1v) is 9.05. The van der Waals surface area contributed by atoms with Crippen molar-refractivity contribution in [2.75, 3.05) is 25.4 Å². The second kappa shape index (κ2) is 7.04. The Morgan fingerprint density at radius 2 is 1.74 bits per heavy atom. The molecule has 114 valence electrons. The van der Waals surface area contributed by atoms with Crippen LogP contribution in [0.5, 0.6) is 0 Å². The van der Waals surface area contributed by atoms with Gasteiger partial charge in [0, 0.05) is 19.1 Å². The molecule has 0 aromatic carbocycles. The van der Waals surface area contributed by atoms with E-state index in [0.717, 1.165) is 32.2 Å². The molecule has 0 atom stereocenters. The lowest BCUT2D eigenvalue weighted by molar-refractivity contribution is 0.196. The Hall–Kier alpha value is -0.130. The molecule has 1 heterocycles. The van der Waals surface area contributed by atoms with Crippen molar-refractivity contribution in [1.29, 1.82) is 0 Å². The minimum Gasteiger partial charge on any atom is -0.315 e. The van der Waals surface area contributed by atoms with Gasteiger partial charge in [0.1, 0.15) is 0 Å². The number of hydrogen-bond acceptors (Lipinski definition) is 3. The summed E-state index contributed by atoms with van der Waals surface area (Å²) in [5.74, 6) is 0.299. The Morgan fingerprint density at radius 1 is 1.16 bits per heavy atom. The van der Waals surface area contributed by atoms with Gasteiger partial charge in [0.2, 0.25) is 10.0 Å². The molecule has 0 aromatic heterocycles. The lowest BCUT2D eigenvalue weighted by Gasteiger charge is -2.36. The largest absolute Gasteiger partial charge is 0.315 e. The molecule has 0 saturated carbocycles. The Bertz CT molecular complexity index is 354. The van der Waals surface area contributed by atoms with Gasteiger partial charge < -0.3 is 5.32 Å². The summed E-state index contributed by atoms with van der Waals surface area (Å²) in [4.78, 5) is 0. The van der Waals surface area contributed by atoms with Crippen LogP contribution in [0.4, 0.5) is 0 Å². The quantitative estimate of drug-likeness (QED) is 0.731. The van der Waals surface area contributed by atoms with E-state index < -0.39 is 10.0 Å². The molecular weight excluding hydrogens is 260 g/mol. The molecule has 1 saturated heterocycles. The highest BCUT2D eigenvalue weighted by atomic mass is 32.2. The molecule has 0 bridgehead atoms. The van der Waals surface area contributed by atoms with Crippen LogP contribution in [0.1, 0.15) is 53.4 Å².